The van der Waals surface area contributed by atoms with Gasteiger partial charge in [-0.2, -0.15) is 0 Å². The van der Waals surface area contributed by atoms with E-state index in [2.05, 4.69) is 52.9 Å². The van der Waals surface area contributed by atoms with Gasteiger partial charge in [-0.3, -0.25) is 0 Å². The summed E-state index contributed by atoms with van der Waals surface area (Å²) in [5.74, 6) is 0.738. The third kappa shape index (κ3) is 2.87. The molecule has 3 rings (SSSR count). The second-order valence-corrected chi connectivity index (χ2v) is 7.02. The molecule has 0 aromatic heterocycles. The van der Waals surface area contributed by atoms with Crippen molar-refractivity contribution in [2.75, 3.05) is 0 Å². The summed E-state index contributed by atoms with van der Waals surface area (Å²) in [5, 5.41) is 0.772. The van der Waals surface area contributed by atoms with Crippen molar-refractivity contribution >= 4 is 34.2 Å². The van der Waals surface area contributed by atoms with Crippen LogP contribution in [-0.2, 0) is 0 Å². The summed E-state index contributed by atoms with van der Waals surface area (Å²) < 4.78 is 1.06. The fourth-order valence-electron chi connectivity index (χ4n) is 2.65. The van der Waals surface area contributed by atoms with Crippen LogP contribution < -0.4 is 5.73 Å². The minimum atomic E-state index is -0.107. The number of nitrogens with two attached hydrogens (primary N) is 1. The van der Waals surface area contributed by atoms with Gasteiger partial charge in [0.05, 0.1) is 11.1 Å². The van der Waals surface area contributed by atoms with Gasteiger partial charge in [0.1, 0.15) is 0 Å². The van der Waals surface area contributed by atoms with Gasteiger partial charge in [-0.15, -0.1) is 0 Å². The number of hydrogen-bond acceptors (Lipinski definition) is 1. The molecule has 1 aliphatic rings. The molecular formula is C17H17ClIN. The lowest BCUT2D eigenvalue weighted by Gasteiger charge is -2.26. The average Bonchev–Trinajstić information content (AvgIpc) is 2.39. The van der Waals surface area contributed by atoms with Crippen molar-refractivity contribution in [1.29, 1.82) is 0 Å². The first-order chi connectivity index (χ1) is 9.65. The Balaban J connectivity index is 1.89. The van der Waals surface area contributed by atoms with Gasteiger partial charge in [0.25, 0.3) is 0 Å². The van der Waals surface area contributed by atoms with E-state index in [0.29, 0.717) is 0 Å². The van der Waals surface area contributed by atoms with Crippen LogP contribution >= 0.6 is 34.2 Å². The van der Waals surface area contributed by atoms with E-state index in [-0.39, 0.29) is 6.04 Å². The van der Waals surface area contributed by atoms with E-state index >= 15 is 0 Å². The van der Waals surface area contributed by atoms with E-state index in [1.54, 1.807) is 0 Å². The molecular weight excluding hydrogens is 381 g/mol. The maximum absolute atomic E-state index is 6.40. The Morgan fingerprint density at radius 3 is 2.50 bits per heavy atom. The van der Waals surface area contributed by atoms with Crippen molar-refractivity contribution in [1.82, 2.24) is 0 Å². The largest absolute Gasteiger partial charge is 0.320 e. The van der Waals surface area contributed by atoms with Crippen LogP contribution in [0.25, 0.3) is 0 Å². The first-order valence-corrected chi connectivity index (χ1v) is 8.41. The van der Waals surface area contributed by atoms with E-state index in [0.717, 1.165) is 20.1 Å². The lowest BCUT2D eigenvalue weighted by molar-refractivity contribution is 0.419. The monoisotopic (exact) mass is 397 g/mol. The Kier molecular flexibility index (Phi) is 4.34. The molecule has 2 aromatic rings. The van der Waals surface area contributed by atoms with Gasteiger partial charge >= 0.3 is 0 Å². The molecule has 3 heteroatoms. The summed E-state index contributed by atoms with van der Waals surface area (Å²) >= 11 is 8.43. The summed E-state index contributed by atoms with van der Waals surface area (Å²) in [6.07, 6.45) is 3.98. The smallest absolute Gasteiger partial charge is 0.0552 e. The molecule has 0 radical (unpaired) electrons. The second kappa shape index (κ2) is 6.04. The molecule has 0 heterocycles. The number of benzene rings is 2. The summed E-state index contributed by atoms with van der Waals surface area (Å²) in [7, 11) is 0. The molecule has 0 bridgehead atoms. The molecule has 0 spiro atoms. The van der Waals surface area contributed by atoms with E-state index in [4.69, 9.17) is 17.3 Å². The van der Waals surface area contributed by atoms with Crippen molar-refractivity contribution in [3.8, 4) is 0 Å². The summed E-state index contributed by atoms with van der Waals surface area (Å²) in [4.78, 5) is 0. The number of rotatable bonds is 3. The quantitative estimate of drug-likeness (QED) is 0.702. The second-order valence-electron chi connectivity index (χ2n) is 5.45. The van der Waals surface area contributed by atoms with Gasteiger partial charge in [0.2, 0.25) is 0 Å². The zero-order valence-corrected chi connectivity index (χ0v) is 14.1. The Morgan fingerprint density at radius 1 is 1.10 bits per heavy atom. The van der Waals surface area contributed by atoms with Crippen LogP contribution in [0.3, 0.4) is 0 Å². The third-order valence-corrected chi connectivity index (χ3v) is 5.72. The Labute approximate surface area is 138 Å². The molecule has 1 fully saturated rings. The van der Waals surface area contributed by atoms with E-state index in [1.165, 1.54) is 30.4 Å². The van der Waals surface area contributed by atoms with E-state index in [9.17, 15) is 0 Å². The Hall–Kier alpha value is -0.580. The first kappa shape index (κ1) is 14.4. The van der Waals surface area contributed by atoms with Gasteiger partial charge in [0, 0.05) is 3.57 Å². The molecule has 20 heavy (non-hydrogen) atoms. The molecule has 1 atom stereocenters. The van der Waals surface area contributed by atoms with Gasteiger partial charge in [-0.05, 0) is 70.2 Å². The first-order valence-electron chi connectivity index (χ1n) is 6.95. The van der Waals surface area contributed by atoms with E-state index < -0.39 is 0 Å². The minimum Gasteiger partial charge on any atom is -0.320 e. The Morgan fingerprint density at radius 2 is 1.85 bits per heavy atom. The predicted molar refractivity (Wildman–Crippen MR) is 93.2 cm³/mol. The minimum absolute atomic E-state index is 0.107. The van der Waals surface area contributed by atoms with Crippen LogP contribution in [0.4, 0.5) is 0 Å². The SMILES string of the molecule is NC(c1cccc(C2CCC2)c1)c1ccc(I)c(Cl)c1. The van der Waals surface area contributed by atoms with Crippen LogP contribution in [0.5, 0.6) is 0 Å². The Bertz CT molecular complexity index is 622. The van der Waals surface area contributed by atoms with Gasteiger partial charge in [0.15, 0.2) is 0 Å². The van der Waals surface area contributed by atoms with Crippen LogP contribution in [0.2, 0.25) is 5.02 Å². The highest BCUT2D eigenvalue weighted by atomic mass is 127. The van der Waals surface area contributed by atoms with Crippen molar-refractivity contribution in [2.24, 2.45) is 5.73 Å². The molecule has 1 nitrogen and oxygen atoms in total. The normalized spacial score (nSPS) is 16.8. The summed E-state index contributed by atoms with van der Waals surface area (Å²) in [6, 6.07) is 14.7. The molecule has 0 aliphatic heterocycles. The molecule has 1 unspecified atom stereocenters. The third-order valence-electron chi connectivity index (χ3n) is 4.15. The lowest BCUT2D eigenvalue weighted by Crippen LogP contribution is -2.14. The van der Waals surface area contributed by atoms with Gasteiger partial charge < -0.3 is 5.73 Å². The maximum Gasteiger partial charge on any atom is 0.0552 e. The van der Waals surface area contributed by atoms with Crippen LogP contribution in [-0.4, -0.2) is 0 Å². The van der Waals surface area contributed by atoms with Crippen molar-refractivity contribution in [2.45, 2.75) is 31.2 Å². The van der Waals surface area contributed by atoms with Gasteiger partial charge in [-0.25, -0.2) is 0 Å². The molecule has 2 N–H and O–H groups in total. The molecule has 1 saturated carbocycles. The predicted octanol–water partition coefficient (Wildman–Crippen LogP) is 5.26. The van der Waals surface area contributed by atoms with Crippen molar-refractivity contribution in [3.63, 3.8) is 0 Å². The van der Waals surface area contributed by atoms with Crippen molar-refractivity contribution in [3.05, 3.63) is 67.7 Å². The zero-order valence-electron chi connectivity index (χ0n) is 11.2. The fourth-order valence-corrected chi connectivity index (χ4v) is 3.17. The molecule has 0 saturated heterocycles. The number of halogens is 2. The highest BCUT2D eigenvalue weighted by Gasteiger charge is 2.20. The standard InChI is InChI=1S/C17H17ClIN/c18-15-10-14(7-8-16(15)19)17(20)13-6-2-5-12(9-13)11-3-1-4-11/h2,5-11,17H,1,3-4,20H2. The summed E-state index contributed by atoms with van der Waals surface area (Å²) in [6.45, 7) is 0. The highest BCUT2D eigenvalue weighted by molar-refractivity contribution is 14.1. The number of hydrogen-bond donors (Lipinski definition) is 1. The molecule has 1 aliphatic carbocycles. The van der Waals surface area contributed by atoms with Crippen molar-refractivity contribution < 1.29 is 0 Å². The fraction of sp³-hybridized carbons (Fsp3) is 0.294. The average molecular weight is 398 g/mol. The van der Waals surface area contributed by atoms with E-state index in [1.807, 2.05) is 12.1 Å². The molecule has 104 valence electrons. The van der Waals surface area contributed by atoms with Crippen LogP contribution in [0.1, 0.15) is 47.9 Å². The summed E-state index contributed by atoms with van der Waals surface area (Å²) in [5.41, 5.74) is 10.1. The van der Waals surface area contributed by atoms with Crippen LogP contribution in [0.15, 0.2) is 42.5 Å². The molecule has 2 aromatic carbocycles. The maximum atomic E-state index is 6.40. The van der Waals surface area contributed by atoms with Crippen LogP contribution in [0, 0.1) is 3.57 Å². The molecule has 0 amide bonds. The highest BCUT2D eigenvalue weighted by Crippen LogP contribution is 2.37. The lowest BCUT2D eigenvalue weighted by atomic mass is 9.79. The topological polar surface area (TPSA) is 26.0 Å². The zero-order chi connectivity index (χ0) is 14.1. The van der Waals surface area contributed by atoms with Gasteiger partial charge in [-0.1, -0.05) is 48.4 Å².